The lowest BCUT2D eigenvalue weighted by molar-refractivity contribution is -0.169. The summed E-state index contributed by atoms with van der Waals surface area (Å²) in [5.41, 5.74) is -3.66. The zero-order valence-electron chi connectivity index (χ0n) is 10.5. The number of fused-ring (bicyclic) bond motifs is 2. The number of allylic oxidation sites excluding steroid dienone is 2. The van der Waals surface area contributed by atoms with E-state index in [1.54, 1.807) is 12.2 Å². The van der Waals surface area contributed by atoms with Crippen molar-refractivity contribution in [3.63, 3.8) is 0 Å². The third-order valence-electron chi connectivity index (χ3n) is 4.19. The second kappa shape index (κ2) is 4.10. The Balaban J connectivity index is 2.74. The molecule has 0 radical (unpaired) electrons. The molecule has 6 nitrogen and oxygen atoms in total. The van der Waals surface area contributed by atoms with Gasteiger partial charge in [0.05, 0.1) is 26.4 Å². The van der Waals surface area contributed by atoms with E-state index in [2.05, 4.69) is 9.47 Å². The van der Waals surface area contributed by atoms with Gasteiger partial charge in [-0.1, -0.05) is 12.2 Å². The Morgan fingerprint density at radius 3 is 1.68 bits per heavy atom. The summed E-state index contributed by atoms with van der Waals surface area (Å²) in [5.74, 6) is -2.74. The molecule has 6 heteroatoms. The monoisotopic (exact) mass is 260 g/mol. The summed E-state index contributed by atoms with van der Waals surface area (Å²) in [6, 6.07) is 3.74. The number of esters is 2. The molecule has 19 heavy (non-hydrogen) atoms. The van der Waals surface area contributed by atoms with Crippen molar-refractivity contribution in [1.29, 1.82) is 10.5 Å². The van der Waals surface area contributed by atoms with Crippen molar-refractivity contribution in [2.75, 3.05) is 14.2 Å². The molecule has 0 N–H and O–H groups in total. The second-order valence-electron chi connectivity index (χ2n) is 4.66. The molecule has 1 saturated carbocycles. The van der Waals surface area contributed by atoms with Crippen LogP contribution in [0.15, 0.2) is 12.2 Å². The Kier molecular flexibility index (Phi) is 2.83. The molecule has 0 aromatic rings. The first-order chi connectivity index (χ1) is 9.04. The van der Waals surface area contributed by atoms with Crippen LogP contribution >= 0.6 is 0 Å². The van der Waals surface area contributed by atoms with Gasteiger partial charge in [-0.05, 0) is 6.42 Å². The molecule has 0 heterocycles. The summed E-state index contributed by atoms with van der Waals surface area (Å²) < 4.78 is 9.36. The van der Waals surface area contributed by atoms with Crippen LogP contribution in [0.1, 0.15) is 6.42 Å². The van der Waals surface area contributed by atoms with E-state index in [-0.39, 0.29) is 0 Å². The van der Waals surface area contributed by atoms with E-state index in [9.17, 15) is 20.1 Å². The number of nitriles is 2. The van der Waals surface area contributed by atoms with E-state index in [1.807, 2.05) is 12.1 Å². The molecule has 4 atom stereocenters. The lowest BCUT2D eigenvalue weighted by Crippen LogP contribution is -2.54. The van der Waals surface area contributed by atoms with Gasteiger partial charge in [0.1, 0.15) is 0 Å². The standard InChI is InChI=1S/C13H12N2O4/c1-18-10(16)12(6-14)8-3-4-9(5-8)13(12,7-15)11(17)19-2/h3-4,8-9H,5H2,1-2H3. The maximum atomic E-state index is 12.1. The number of carbonyl (C=O) groups is 2. The minimum absolute atomic E-state index is 0.394. The summed E-state index contributed by atoms with van der Waals surface area (Å²) in [4.78, 5) is 24.2. The molecule has 2 rings (SSSR count). The number of hydrogen-bond donors (Lipinski definition) is 0. The summed E-state index contributed by atoms with van der Waals surface area (Å²) in [6.45, 7) is 0. The Morgan fingerprint density at radius 1 is 1.05 bits per heavy atom. The number of methoxy groups -OCH3 is 2. The van der Waals surface area contributed by atoms with Crippen molar-refractivity contribution < 1.29 is 19.1 Å². The van der Waals surface area contributed by atoms with Crippen molar-refractivity contribution >= 4 is 11.9 Å². The molecule has 0 amide bonds. The van der Waals surface area contributed by atoms with Crippen LogP contribution in [0.2, 0.25) is 0 Å². The highest BCUT2D eigenvalue weighted by Gasteiger charge is 2.76. The van der Waals surface area contributed by atoms with E-state index in [1.165, 1.54) is 0 Å². The minimum Gasteiger partial charge on any atom is -0.468 e. The molecule has 2 aliphatic carbocycles. The van der Waals surface area contributed by atoms with Crippen molar-refractivity contribution in [3.8, 4) is 12.1 Å². The molecule has 0 aromatic carbocycles. The molecule has 2 bridgehead atoms. The van der Waals surface area contributed by atoms with Gasteiger partial charge in [0.2, 0.25) is 0 Å². The zero-order chi connectivity index (χ0) is 14.3. The maximum Gasteiger partial charge on any atom is 0.329 e. The average Bonchev–Trinajstić information content (AvgIpc) is 3.03. The lowest BCUT2D eigenvalue weighted by atomic mass is 9.59. The fourth-order valence-corrected chi connectivity index (χ4v) is 3.31. The highest BCUT2D eigenvalue weighted by atomic mass is 16.5. The Bertz CT molecular complexity index is 508. The van der Waals surface area contributed by atoms with Crippen molar-refractivity contribution in [2.24, 2.45) is 22.7 Å². The number of ether oxygens (including phenoxy) is 2. The molecule has 0 aliphatic heterocycles. The summed E-state index contributed by atoms with van der Waals surface area (Å²) in [5, 5.41) is 19.0. The van der Waals surface area contributed by atoms with Gasteiger partial charge in [-0.25, -0.2) is 0 Å². The number of hydrogen-bond acceptors (Lipinski definition) is 6. The van der Waals surface area contributed by atoms with E-state index >= 15 is 0 Å². The van der Waals surface area contributed by atoms with Crippen LogP contribution in [0.4, 0.5) is 0 Å². The fraction of sp³-hybridized carbons (Fsp3) is 0.538. The molecule has 0 spiro atoms. The Hall–Kier alpha value is -2.34. The highest BCUT2D eigenvalue weighted by Crippen LogP contribution is 2.64. The maximum absolute atomic E-state index is 12.1. The third-order valence-corrected chi connectivity index (χ3v) is 4.19. The average molecular weight is 260 g/mol. The molecule has 1 fully saturated rings. The molecular weight excluding hydrogens is 248 g/mol. The van der Waals surface area contributed by atoms with Gasteiger partial charge < -0.3 is 9.47 Å². The first-order valence-corrected chi connectivity index (χ1v) is 5.72. The highest BCUT2D eigenvalue weighted by molar-refractivity contribution is 5.95. The smallest absolute Gasteiger partial charge is 0.329 e. The molecule has 2 aliphatic rings. The van der Waals surface area contributed by atoms with Gasteiger partial charge in [0, 0.05) is 11.8 Å². The number of nitrogens with zero attached hydrogens (tertiary/aromatic N) is 2. The quantitative estimate of drug-likeness (QED) is 0.531. The first-order valence-electron chi connectivity index (χ1n) is 5.72. The zero-order valence-corrected chi connectivity index (χ0v) is 10.5. The Morgan fingerprint density at radius 2 is 1.42 bits per heavy atom. The topological polar surface area (TPSA) is 100 Å². The van der Waals surface area contributed by atoms with Crippen LogP contribution in [0.25, 0.3) is 0 Å². The van der Waals surface area contributed by atoms with E-state index in [4.69, 9.17) is 0 Å². The van der Waals surface area contributed by atoms with Crippen molar-refractivity contribution in [3.05, 3.63) is 12.2 Å². The third kappa shape index (κ3) is 1.18. The predicted octanol–water partition coefficient (Wildman–Crippen LogP) is 0.558. The van der Waals surface area contributed by atoms with Crippen LogP contribution in [0.5, 0.6) is 0 Å². The number of carbonyl (C=O) groups excluding carboxylic acids is 2. The summed E-state index contributed by atoms with van der Waals surface area (Å²) in [6.07, 6.45) is 3.79. The van der Waals surface area contributed by atoms with Crippen LogP contribution in [-0.2, 0) is 19.1 Å². The van der Waals surface area contributed by atoms with Gasteiger partial charge in [-0.2, -0.15) is 10.5 Å². The van der Waals surface area contributed by atoms with Crippen LogP contribution in [0.3, 0.4) is 0 Å². The van der Waals surface area contributed by atoms with Crippen molar-refractivity contribution in [2.45, 2.75) is 6.42 Å². The van der Waals surface area contributed by atoms with E-state index in [0.717, 1.165) is 14.2 Å². The second-order valence-corrected chi connectivity index (χ2v) is 4.66. The molecule has 98 valence electrons. The molecule has 4 unspecified atom stereocenters. The minimum atomic E-state index is -1.83. The van der Waals surface area contributed by atoms with Crippen molar-refractivity contribution in [1.82, 2.24) is 0 Å². The SMILES string of the molecule is COC(=O)C1(C#N)C2C=CC(C2)C1(C#N)C(=O)OC. The molecular formula is C13H12N2O4. The van der Waals surface area contributed by atoms with Gasteiger partial charge >= 0.3 is 11.9 Å². The fourth-order valence-electron chi connectivity index (χ4n) is 3.31. The lowest BCUT2D eigenvalue weighted by Gasteiger charge is -2.37. The van der Waals surface area contributed by atoms with E-state index in [0.29, 0.717) is 6.42 Å². The molecule has 0 saturated heterocycles. The van der Waals surface area contributed by atoms with E-state index < -0.39 is 34.6 Å². The van der Waals surface area contributed by atoms with Gasteiger partial charge in [0.15, 0.2) is 10.8 Å². The van der Waals surface area contributed by atoms with Gasteiger partial charge in [-0.3, -0.25) is 9.59 Å². The predicted molar refractivity (Wildman–Crippen MR) is 60.9 cm³/mol. The van der Waals surface area contributed by atoms with Crippen LogP contribution < -0.4 is 0 Å². The first kappa shape index (κ1) is 13.1. The van der Waals surface area contributed by atoms with Gasteiger partial charge in [0.25, 0.3) is 0 Å². The van der Waals surface area contributed by atoms with Crippen LogP contribution in [0, 0.1) is 45.3 Å². The molecule has 0 aromatic heterocycles. The Labute approximate surface area is 110 Å². The normalized spacial score (nSPS) is 38.3. The number of rotatable bonds is 2. The largest absolute Gasteiger partial charge is 0.468 e. The summed E-state index contributed by atoms with van der Waals surface area (Å²) in [7, 11) is 2.27. The van der Waals surface area contributed by atoms with Gasteiger partial charge in [-0.15, -0.1) is 0 Å². The summed E-state index contributed by atoms with van der Waals surface area (Å²) >= 11 is 0. The van der Waals surface area contributed by atoms with Crippen LogP contribution in [-0.4, -0.2) is 26.2 Å².